The van der Waals surface area contributed by atoms with E-state index in [0.717, 1.165) is 21.5 Å². The maximum absolute atomic E-state index is 15.1. The van der Waals surface area contributed by atoms with Crippen LogP contribution in [0, 0.1) is 5.82 Å². The van der Waals surface area contributed by atoms with E-state index >= 15 is 4.39 Å². The number of pyridine rings is 1. The third-order valence-corrected chi connectivity index (χ3v) is 9.16. The summed E-state index contributed by atoms with van der Waals surface area (Å²) in [5.41, 5.74) is 1.91. The number of nitrogens with zero attached hydrogens (tertiary/aromatic N) is 5. The second kappa shape index (κ2) is 12.9. The van der Waals surface area contributed by atoms with Crippen molar-refractivity contribution < 1.29 is 23.5 Å². The Morgan fingerprint density at radius 1 is 1.02 bits per heavy atom. The first-order valence-corrected chi connectivity index (χ1v) is 16.2. The minimum absolute atomic E-state index is 0.104. The fraction of sp³-hybridized carbons (Fsp3) is 0.182. The van der Waals surface area contributed by atoms with Crippen molar-refractivity contribution in [1.29, 1.82) is 0 Å². The molecule has 10 nitrogen and oxygen atoms in total. The highest BCUT2D eigenvalue weighted by Crippen LogP contribution is 2.37. The van der Waals surface area contributed by atoms with E-state index in [-0.39, 0.29) is 17.2 Å². The summed E-state index contributed by atoms with van der Waals surface area (Å²) < 4.78 is 28.8. The molecule has 1 saturated heterocycles. The van der Waals surface area contributed by atoms with Crippen LogP contribution in [-0.2, 0) is 4.79 Å². The van der Waals surface area contributed by atoms with Gasteiger partial charge in [0.05, 0.1) is 11.8 Å². The van der Waals surface area contributed by atoms with Crippen LogP contribution < -0.4 is 19.7 Å². The Morgan fingerprint density at radius 2 is 1.85 bits per heavy atom. The average molecular weight is 702 g/mol. The number of aromatic nitrogens is 4. The highest BCUT2D eigenvalue weighted by Gasteiger charge is 2.32. The first-order valence-electron chi connectivity index (χ1n) is 14.6. The number of benzene rings is 3. The minimum Gasteiger partial charge on any atom is -0.486 e. The number of ether oxygens (including phenoxy) is 2. The van der Waals surface area contributed by atoms with Crippen molar-refractivity contribution in [3.05, 3.63) is 101 Å². The Labute approximate surface area is 276 Å². The number of fused-ring (bicyclic) bond motifs is 1. The molecule has 2 amide bonds. The predicted octanol–water partition coefficient (Wildman–Crippen LogP) is 6.78. The van der Waals surface area contributed by atoms with Gasteiger partial charge in [-0.2, -0.15) is 0 Å². The molecular formula is C33H26BrFN6O4S. The summed E-state index contributed by atoms with van der Waals surface area (Å²) in [5, 5.41) is 11.7. The molecule has 13 heteroatoms. The number of anilines is 2. The quantitative estimate of drug-likeness (QED) is 0.198. The van der Waals surface area contributed by atoms with Crippen LogP contribution in [0.5, 0.6) is 11.5 Å². The first-order chi connectivity index (χ1) is 22.4. The number of rotatable bonds is 7. The lowest BCUT2D eigenvalue weighted by Gasteiger charge is -2.32. The highest BCUT2D eigenvalue weighted by molar-refractivity contribution is 9.10. The van der Waals surface area contributed by atoms with E-state index < -0.39 is 17.8 Å². The van der Waals surface area contributed by atoms with Gasteiger partial charge in [0.15, 0.2) is 11.5 Å². The largest absolute Gasteiger partial charge is 0.486 e. The summed E-state index contributed by atoms with van der Waals surface area (Å²) in [6.07, 6.45) is 4.55. The number of hydrogen-bond donors (Lipinski definition) is 1. The lowest BCUT2D eigenvalue weighted by atomic mass is 10.0. The molecule has 1 unspecified atom stereocenters. The van der Waals surface area contributed by atoms with Crippen LogP contribution in [0.15, 0.2) is 99.6 Å². The Hall–Kier alpha value is -4.75. The average Bonchev–Trinajstić information content (AvgIpc) is 3.56. The first kappa shape index (κ1) is 29.9. The van der Waals surface area contributed by atoms with Gasteiger partial charge >= 0.3 is 0 Å². The van der Waals surface area contributed by atoms with Gasteiger partial charge < -0.3 is 19.7 Å². The fourth-order valence-electron chi connectivity index (χ4n) is 5.37. The number of carbonyl (C=O) groups is 2. The van der Waals surface area contributed by atoms with E-state index in [1.807, 2.05) is 42.5 Å². The topological polar surface area (TPSA) is 111 Å². The Kier molecular flexibility index (Phi) is 8.41. The van der Waals surface area contributed by atoms with Gasteiger partial charge in [-0.1, -0.05) is 32.9 Å². The van der Waals surface area contributed by atoms with Crippen molar-refractivity contribution in [3.63, 3.8) is 0 Å². The van der Waals surface area contributed by atoms with E-state index in [1.54, 1.807) is 29.4 Å². The predicted molar refractivity (Wildman–Crippen MR) is 174 cm³/mol. The standard InChI is InChI=1S/C33H26BrFN6O4S/c34-20-5-8-22(9-6-20)40-14-2-4-28(33(40)43)41-19-27(38-39-41)25-17-21(7-11-26(25)35)37-31(42)24-3-1-13-36-32(24)46-23-10-12-29-30(18-23)45-16-15-44-29/h1,3,5-13,17-19,28H,2,4,14-16H2,(H,37,42). The lowest BCUT2D eigenvalue weighted by Crippen LogP contribution is -2.42. The maximum Gasteiger partial charge on any atom is 0.258 e. The Bertz CT molecular complexity index is 1940. The van der Waals surface area contributed by atoms with Crippen molar-refractivity contribution in [2.45, 2.75) is 28.8 Å². The van der Waals surface area contributed by atoms with Crippen LogP contribution in [0.2, 0.25) is 0 Å². The van der Waals surface area contributed by atoms with Gasteiger partial charge in [-0.05, 0) is 85.6 Å². The van der Waals surface area contributed by atoms with Crippen molar-refractivity contribution in [3.8, 4) is 22.8 Å². The van der Waals surface area contributed by atoms with Gasteiger partial charge in [0.1, 0.15) is 35.8 Å². The molecule has 0 radical (unpaired) electrons. The smallest absolute Gasteiger partial charge is 0.258 e. The van der Waals surface area contributed by atoms with Crippen LogP contribution in [0.1, 0.15) is 29.2 Å². The van der Waals surface area contributed by atoms with Gasteiger partial charge in [-0.25, -0.2) is 14.1 Å². The maximum atomic E-state index is 15.1. The Balaban J connectivity index is 1.08. The molecular weight excluding hydrogens is 675 g/mol. The van der Waals surface area contributed by atoms with Gasteiger partial charge in [0.25, 0.3) is 11.8 Å². The number of piperidine rings is 1. The van der Waals surface area contributed by atoms with Crippen molar-refractivity contribution >= 4 is 50.9 Å². The second-order valence-electron chi connectivity index (χ2n) is 10.6. The number of carbonyl (C=O) groups excluding carboxylic acids is 2. The molecule has 0 bridgehead atoms. The number of amides is 2. The van der Waals surface area contributed by atoms with E-state index in [4.69, 9.17) is 9.47 Å². The monoisotopic (exact) mass is 700 g/mol. The van der Waals surface area contributed by atoms with Crippen LogP contribution in [-0.4, -0.2) is 51.6 Å². The highest BCUT2D eigenvalue weighted by atomic mass is 79.9. The molecule has 2 aliphatic heterocycles. The zero-order chi connectivity index (χ0) is 31.6. The number of halogens is 2. The molecule has 1 fully saturated rings. The van der Waals surface area contributed by atoms with Gasteiger partial charge in [-0.3, -0.25) is 9.59 Å². The van der Waals surface area contributed by atoms with Crippen LogP contribution in [0.25, 0.3) is 11.3 Å². The summed E-state index contributed by atoms with van der Waals surface area (Å²) in [6, 6.07) is 20.2. The third kappa shape index (κ3) is 6.20. The van der Waals surface area contributed by atoms with Gasteiger partial charge in [0, 0.05) is 39.0 Å². The molecule has 3 aromatic carbocycles. The van der Waals surface area contributed by atoms with Crippen LogP contribution in [0.4, 0.5) is 15.8 Å². The van der Waals surface area contributed by atoms with E-state index in [0.29, 0.717) is 54.0 Å². The van der Waals surface area contributed by atoms with Crippen molar-refractivity contribution in [1.82, 2.24) is 20.0 Å². The molecule has 1 N–H and O–H groups in total. The summed E-state index contributed by atoms with van der Waals surface area (Å²) in [6.45, 7) is 1.57. The molecule has 0 saturated carbocycles. The molecule has 2 aromatic heterocycles. The molecule has 5 aromatic rings. The normalized spacial score (nSPS) is 15.9. The molecule has 0 spiro atoms. The fourth-order valence-corrected chi connectivity index (χ4v) is 6.55. The molecule has 232 valence electrons. The molecule has 4 heterocycles. The van der Waals surface area contributed by atoms with Crippen LogP contribution in [0.3, 0.4) is 0 Å². The molecule has 7 rings (SSSR count). The second-order valence-corrected chi connectivity index (χ2v) is 12.6. The van der Waals surface area contributed by atoms with Gasteiger partial charge in [-0.15, -0.1) is 5.10 Å². The van der Waals surface area contributed by atoms with Crippen molar-refractivity contribution in [2.75, 3.05) is 30.0 Å². The summed E-state index contributed by atoms with van der Waals surface area (Å²) >= 11 is 4.75. The zero-order valence-corrected chi connectivity index (χ0v) is 26.6. The number of hydrogen-bond acceptors (Lipinski definition) is 8. The molecule has 2 aliphatic rings. The summed E-state index contributed by atoms with van der Waals surface area (Å²) in [5.74, 6) is 0.273. The minimum atomic E-state index is -0.569. The number of nitrogens with one attached hydrogen (secondary N) is 1. The molecule has 1 atom stereocenters. The van der Waals surface area contributed by atoms with E-state index in [1.165, 1.54) is 34.6 Å². The molecule has 46 heavy (non-hydrogen) atoms. The zero-order valence-electron chi connectivity index (χ0n) is 24.2. The third-order valence-electron chi connectivity index (χ3n) is 7.62. The van der Waals surface area contributed by atoms with Crippen molar-refractivity contribution in [2.24, 2.45) is 0 Å². The van der Waals surface area contributed by atoms with E-state index in [2.05, 4.69) is 36.5 Å². The Morgan fingerprint density at radius 3 is 2.70 bits per heavy atom. The lowest BCUT2D eigenvalue weighted by molar-refractivity contribution is -0.123. The summed E-state index contributed by atoms with van der Waals surface area (Å²) in [7, 11) is 0. The van der Waals surface area contributed by atoms with E-state index in [9.17, 15) is 9.59 Å². The molecule has 0 aliphatic carbocycles. The summed E-state index contributed by atoms with van der Waals surface area (Å²) in [4.78, 5) is 33.8. The van der Waals surface area contributed by atoms with Crippen LogP contribution >= 0.6 is 27.7 Å². The van der Waals surface area contributed by atoms with Gasteiger partial charge in [0.2, 0.25) is 0 Å². The SMILES string of the molecule is O=C(Nc1ccc(F)c(-c2cn(C3CCCN(c4ccc(Br)cc4)C3=O)nn2)c1)c1cccnc1Sc1ccc2c(c1)OCCO2.